The first-order valence-electron chi connectivity index (χ1n) is 3.25. The summed E-state index contributed by atoms with van der Waals surface area (Å²) in [6.07, 6.45) is 1.25. The summed E-state index contributed by atoms with van der Waals surface area (Å²) in [6.45, 7) is 2.88. The van der Waals surface area contributed by atoms with Crippen molar-refractivity contribution in [1.82, 2.24) is 4.90 Å². The lowest BCUT2D eigenvalue weighted by Gasteiger charge is -2.29. The summed E-state index contributed by atoms with van der Waals surface area (Å²) < 4.78 is 0. The maximum absolute atomic E-state index is 8.72. The Balaban J connectivity index is 2.00. The zero-order chi connectivity index (χ0) is 5.56. The zero-order valence-corrected chi connectivity index (χ0v) is 4.88. The third-order valence-corrected chi connectivity index (χ3v) is 2.32. The molecule has 0 aromatic heterocycles. The minimum absolute atomic E-state index is 0.372. The van der Waals surface area contributed by atoms with Gasteiger partial charge in [0.15, 0.2) is 0 Å². The normalized spacial score (nSPS) is 51.4. The molecule has 1 N–H and O–H groups in total. The van der Waals surface area contributed by atoms with E-state index in [-0.39, 0.29) is 0 Å². The quantitative estimate of drug-likeness (QED) is 0.504. The van der Waals surface area contributed by atoms with E-state index < -0.39 is 0 Å². The van der Waals surface area contributed by atoms with Crippen molar-refractivity contribution in [2.75, 3.05) is 19.7 Å². The fourth-order valence-electron chi connectivity index (χ4n) is 1.78. The zero-order valence-electron chi connectivity index (χ0n) is 4.88. The Labute approximate surface area is 49.1 Å². The molecule has 3 rings (SSSR count). The predicted octanol–water partition coefficient (Wildman–Crippen LogP) is -0.317. The molecular weight excluding hydrogens is 102 g/mol. The second-order valence-corrected chi connectivity index (χ2v) is 2.89. The molecular formula is C6H11NO. The van der Waals surface area contributed by atoms with Crippen LogP contribution in [-0.2, 0) is 0 Å². The number of nitrogens with zero attached hydrogens (tertiary/aromatic N) is 1. The topological polar surface area (TPSA) is 23.5 Å². The van der Waals surface area contributed by atoms with E-state index in [0.717, 1.165) is 5.92 Å². The van der Waals surface area contributed by atoms with Gasteiger partial charge in [-0.1, -0.05) is 0 Å². The van der Waals surface area contributed by atoms with Crippen molar-refractivity contribution in [1.29, 1.82) is 0 Å². The Morgan fingerprint density at radius 2 is 2.25 bits per heavy atom. The smallest absolute Gasteiger partial charge is 0.0586 e. The second-order valence-electron chi connectivity index (χ2n) is 2.89. The summed E-state index contributed by atoms with van der Waals surface area (Å²) in [5.74, 6) is 0.937. The first-order chi connectivity index (χ1) is 3.90. The van der Waals surface area contributed by atoms with Gasteiger partial charge in [0.1, 0.15) is 0 Å². The van der Waals surface area contributed by atoms with Crippen molar-refractivity contribution in [3.05, 3.63) is 0 Å². The molecule has 0 amide bonds. The van der Waals surface area contributed by atoms with Gasteiger partial charge in [0, 0.05) is 19.1 Å². The first-order valence-corrected chi connectivity index (χ1v) is 3.25. The Morgan fingerprint density at radius 1 is 1.50 bits per heavy atom. The summed E-state index contributed by atoms with van der Waals surface area (Å²) in [4.78, 5) is 2.35. The van der Waals surface area contributed by atoms with Gasteiger partial charge in [0.2, 0.25) is 0 Å². The number of fused-ring (bicyclic) bond motifs is 1. The molecule has 2 bridgehead atoms. The summed E-state index contributed by atoms with van der Waals surface area (Å²) in [6, 6.07) is 0.528. The van der Waals surface area contributed by atoms with Gasteiger partial charge in [0.25, 0.3) is 0 Å². The SMILES string of the molecule is OCC1CC2CN1C2. The molecule has 3 heterocycles. The molecule has 3 saturated heterocycles. The third kappa shape index (κ3) is 0.446. The standard InChI is InChI=1S/C6H11NO/c8-4-6-1-5-2-7(6)3-5/h5-6,8H,1-4H2. The minimum Gasteiger partial charge on any atom is -0.395 e. The van der Waals surface area contributed by atoms with Crippen LogP contribution in [0.15, 0.2) is 0 Å². The molecule has 3 fully saturated rings. The molecule has 0 radical (unpaired) electrons. The molecule has 1 unspecified atom stereocenters. The van der Waals surface area contributed by atoms with E-state index >= 15 is 0 Å². The van der Waals surface area contributed by atoms with Crippen LogP contribution in [0.4, 0.5) is 0 Å². The fraction of sp³-hybridized carbons (Fsp3) is 1.00. The van der Waals surface area contributed by atoms with Crippen LogP contribution in [0.25, 0.3) is 0 Å². The van der Waals surface area contributed by atoms with Gasteiger partial charge in [-0.3, -0.25) is 4.90 Å². The maximum atomic E-state index is 8.72. The predicted molar refractivity (Wildman–Crippen MR) is 30.6 cm³/mol. The number of aliphatic hydroxyl groups excluding tert-OH is 1. The van der Waals surface area contributed by atoms with Crippen molar-refractivity contribution in [3.63, 3.8) is 0 Å². The van der Waals surface area contributed by atoms with E-state index in [2.05, 4.69) is 4.90 Å². The van der Waals surface area contributed by atoms with Crippen LogP contribution < -0.4 is 0 Å². The largest absolute Gasteiger partial charge is 0.395 e. The van der Waals surface area contributed by atoms with Crippen molar-refractivity contribution < 1.29 is 5.11 Å². The van der Waals surface area contributed by atoms with E-state index in [0.29, 0.717) is 12.6 Å². The Bertz CT molecular complexity index is 98.7. The van der Waals surface area contributed by atoms with Crippen molar-refractivity contribution in [2.24, 2.45) is 5.92 Å². The summed E-state index contributed by atoms with van der Waals surface area (Å²) in [5.41, 5.74) is 0. The lowest BCUT2D eigenvalue weighted by Crippen LogP contribution is -2.40. The highest BCUT2D eigenvalue weighted by Gasteiger charge is 2.41. The van der Waals surface area contributed by atoms with Crippen LogP contribution in [0.3, 0.4) is 0 Å². The molecule has 0 aromatic carbocycles. The van der Waals surface area contributed by atoms with Crippen LogP contribution in [0, 0.1) is 5.92 Å². The molecule has 1 atom stereocenters. The first kappa shape index (κ1) is 4.77. The maximum Gasteiger partial charge on any atom is 0.0586 e. The molecule has 0 aromatic rings. The molecule has 2 heteroatoms. The van der Waals surface area contributed by atoms with E-state index in [1.165, 1.54) is 19.5 Å². The molecule has 8 heavy (non-hydrogen) atoms. The van der Waals surface area contributed by atoms with Crippen LogP contribution in [0.5, 0.6) is 0 Å². The lowest BCUT2D eigenvalue weighted by molar-refractivity contribution is 0.129. The van der Waals surface area contributed by atoms with Gasteiger partial charge < -0.3 is 5.11 Å². The second kappa shape index (κ2) is 1.45. The van der Waals surface area contributed by atoms with Crippen LogP contribution >= 0.6 is 0 Å². The van der Waals surface area contributed by atoms with E-state index in [9.17, 15) is 0 Å². The molecule has 2 nitrogen and oxygen atoms in total. The Hall–Kier alpha value is -0.0800. The van der Waals surface area contributed by atoms with Gasteiger partial charge >= 0.3 is 0 Å². The monoisotopic (exact) mass is 113 g/mol. The highest BCUT2D eigenvalue weighted by Crippen LogP contribution is 2.33. The Kier molecular flexibility index (Phi) is 0.866. The van der Waals surface area contributed by atoms with Gasteiger partial charge in [-0.05, 0) is 12.3 Å². The summed E-state index contributed by atoms with van der Waals surface area (Å²) in [7, 11) is 0. The lowest BCUT2D eigenvalue weighted by atomic mass is 10.1. The van der Waals surface area contributed by atoms with Crippen molar-refractivity contribution in [2.45, 2.75) is 12.5 Å². The van der Waals surface area contributed by atoms with Gasteiger partial charge in [-0.2, -0.15) is 0 Å². The van der Waals surface area contributed by atoms with E-state index in [4.69, 9.17) is 5.11 Å². The molecule has 3 aliphatic rings. The average molecular weight is 113 g/mol. The molecule has 0 spiro atoms. The molecule has 3 aliphatic heterocycles. The highest BCUT2D eigenvalue weighted by atomic mass is 16.3. The van der Waals surface area contributed by atoms with Crippen molar-refractivity contribution >= 4 is 0 Å². The van der Waals surface area contributed by atoms with Crippen molar-refractivity contribution in [3.8, 4) is 0 Å². The van der Waals surface area contributed by atoms with Gasteiger partial charge in [0.05, 0.1) is 6.61 Å². The number of hydrogen-bond acceptors (Lipinski definition) is 2. The molecule has 0 saturated carbocycles. The minimum atomic E-state index is 0.372. The number of aliphatic hydroxyl groups is 1. The fourth-order valence-corrected chi connectivity index (χ4v) is 1.78. The summed E-state index contributed by atoms with van der Waals surface area (Å²) in [5, 5.41) is 8.72. The molecule has 46 valence electrons. The summed E-state index contributed by atoms with van der Waals surface area (Å²) >= 11 is 0. The number of hydrogen-bond donors (Lipinski definition) is 1. The van der Waals surface area contributed by atoms with Crippen LogP contribution in [-0.4, -0.2) is 35.7 Å². The molecule has 0 aliphatic carbocycles. The van der Waals surface area contributed by atoms with Gasteiger partial charge in [-0.25, -0.2) is 0 Å². The third-order valence-electron chi connectivity index (χ3n) is 2.32. The van der Waals surface area contributed by atoms with E-state index in [1.54, 1.807) is 0 Å². The van der Waals surface area contributed by atoms with Crippen LogP contribution in [0.2, 0.25) is 0 Å². The van der Waals surface area contributed by atoms with Gasteiger partial charge in [-0.15, -0.1) is 0 Å². The average Bonchev–Trinajstić information content (AvgIpc) is 2.15. The Morgan fingerprint density at radius 3 is 2.50 bits per heavy atom. The van der Waals surface area contributed by atoms with Crippen LogP contribution in [0.1, 0.15) is 6.42 Å². The highest BCUT2D eigenvalue weighted by molar-refractivity contribution is 4.95. The number of rotatable bonds is 1. The van der Waals surface area contributed by atoms with E-state index in [1.807, 2.05) is 0 Å².